The van der Waals surface area contributed by atoms with Gasteiger partial charge in [-0.25, -0.2) is 0 Å². The Morgan fingerprint density at radius 3 is 2.24 bits per heavy atom. The molecule has 1 fully saturated rings. The van der Waals surface area contributed by atoms with Crippen molar-refractivity contribution in [3.8, 4) is 0 Å². The molecule has 0 radical (unpaired) electrons. The summed E-state index contributed by atoms with van der Waals surface area (Å²) in [5.41, 5.74) is 3.64. The lowest BCUT2D eigenvalue weighted by molar-refractivity contribution is 0.116. The van der Waals surface area contributed by atoms with Crippen molar-refractivity contribution < 1.29 is 4.43 Å². The average Bonchev–Trinajstić information content (AvgIpc) is 2.74. The summed E-state index contributed by atoms with van der Waals surface area (Å²) in [4.78, 5) is 0. The van der Waals surface area contributed by atoms with E-state index in [9.17, 15) is 0 Å². The zero-order valence-corrected chi connectivity index (χ0v) is 12.3. The molecular formula is C15H22OSi. The van der Waals surface area contributed by atoms with Crippen molar-refractivity contribution >= 4 is 8.32 Å². The van der Waals surface area contributed by atoms with Gasteiger partial charge in [0.2, 0.25) is 0 Å². The van der Waals surface area contributed by atoms with Gasteiger partial charge in [0, 0.05) is 11.8 Å². The molecule has 0 aliphatic heterocycles. The van der Waals surface area contributed by atoms with Crippen LogP contribution < -0.4 is 0 Å². The second-order valence-electron chi connectivity index (χ2n) is 7.07. The van der Waals surface area contributed by atoms with Crippen LogP contribution in [0.15, 0.2) is 24.3 Å². The molecule has 1 aromatic rings. The largest absolute Gasteiger partial charge is 0.411 e. The lowest BCUT2D eigenvalue weighted by Gasteiger charge is -2.35. The molecule has 2 aliphatic carbocycles. The van der Waals surface area contributed by atoms with E-state index in [1.807, 2.05) is 0 Å². The molecule has 0 N–H and O–H groups in total. The molecule has 2 aliphatic rings. The highest BCUT2D eigenvalue weighted by molar-refractivity contribution is 6.69. The maximum absolute atomic E-state index is 6.54. The zero-order chi connectivity index (χ0) is 12.3. The van der Waals surface area contributed by atoms with Crippen LogP contribution in [0, 0.1) is 5.41 Å². The maximum Gasteiger partial charge on any atom is 0.184 e. The van der Waals surface area contributed by atoms with Gasteiger partial charge in [0.25, 0.3) is 0 Å². The molecular weight excluding hydrogens is 224 g/mol. The van der Waals surface area contributed by atoms with E-state index < -0.39 is 8.32 Å². The molecule has 3 rings (SSSR count). The van der Waals surface area contributed by atoms with E-state index in [1.54, 1.807) is 5.56 Å². The second kappa shape index (κ2) is 3.24. The summed E-state index contributed by atoms with van der Waals surface area (Å²) in [5.74, 6) is 0. The highest BCUT2D eigenvalue weighted by atomic mass is 28.4. The van der Waals surface area contributed by atoms with Crippen LogP contribution in [-0.2, 0) is 17.3 Å². The van der Waals surface area contributed by atoms with Crippen LogP contribution >= 0.6 is 0 Å². The normalized spacial score (nSPS) is 35.1. The highest BCUT2D eigenvalue weighted by Crippen LogP contribution is 2.65. The first kappa shape index (κ1) is 11.5. The van der Waals surface area contributed by atoms with E-state index in [4.69, 9.17) is 4.43 Å². The van der Waals surface area contributed by atoms with Crippen LogP contribution in [0.5, 0.6) is 0 Å². The Morgan fingerprint density at radius 1 is 1.06 bits per heavy atom. The maximum atomic E-state index is 6.54. The van der Waals surface area contributed by atoms with E-state index in [0.29, 0.717) is 5.41 Å². The molecule has 0 spiro atoms. The third kappa shape index (κ3) is 1.78. The standard InChI is InChI=1S/C15H22OSi/c1-14-9-12-7-5-6-8-13(12)10-15(14,11-14)16-17(2,3)4/h5-8H,9-11H2,1-4H3. The fraction of sp³-hybridized carbons (Fsp3) is 0.600. The first-order valence-electron chi connectivity index (χ1n) is 6.61. The van der Waals surface area contributed by atoms with Crippen molar-refractivity contribution in [1.29, 1.82) is 0 Å². The van der Waals surface area contributed by atoms with Gasteiger partial charge < -0.3 is 4.43 Å². The number of fused-ring (bicyclic) bond motifs is 2. The van der Waals surface area contributed by atoms with E-state index in [0.717, 1.165) is 6.42 Å². The predicted molar refractivity (Wildman–Crippen MR) is 73.7 cm³/mol. The average molecular weight is 246 g/mol. The number of rotatable bonds is 2. The highest BCUT2D eigenvalue weighted by Gasteiger charge is 2.67. The van der Waals surface area contributed by atoms with E-state index in [2.05, 4.69) is 50.8 Å². The first-order chi connectivity index (χ1) is 7.84. The zero-order valence-electron chi connectivity index (χ0n) is 11.3. The molecule has 1 aromatic carbocycles. The molecule has 17 heavy (non-hydrogen) atoms. The Hall–Kier alpha value is -0.603. The molecule has 0 amide bonds. The summed E-state index contributed by atoms with van der Waals surface area (Å²) in [6.07, 6.45) is 3.58. The minimum absolute atomic E-state index is 0.172. The topological polar surface area (TPSA) is 9.23 Å². The molecule has 1 nitrogen and oxygen atoms in total. The van der Waals surface area contributed by atoms with Gasteiger partial charge in [-0.15, -0.1) is 0 Å². The van der Waals surface area contributed by atoms with Crippen LogP contribution in [0.2, 0.25) is 19.6 Å². The smallest absolute Gasteiger partial charge is 0.184 e. The lowest BCUT2D eigenvalue weighted by atomic mass is 9.83. The molecule has 2 unspecified atom stereocenters. The Bertz CT molecular complexity index is 462. The van der Waals surface area contributed by atoms with Crippen molar-refractivity contribution in [1.82, 2.24) is 0 Å². The molecule has 0 heterocycles. The van der Waals surface area contributed by atoms with E-state index in [1.165, 1.54) is 18.4 Å². The van der Waals surface area contributed by atoms with Gasteiger partial charge in [-0.1, -0.05) is 31.2 Å². The van der Waals surface area contributed by atoms with Gasteiger partial charge in [0.05, 0.1) is 5.60 Å². The molecule has 0 aromatic heterocycles. The van der Waals surface area contributed by atoms with Crippen LogP contribution in [0.3, 0.4) is 0 Å². The Labute approximate surface area is 105 Å². The quantitative estimate of drug-likeness (QED) is 0.722. The van der Waals surface area contributed by atoms with Gasteiger partial charge in [0.15, 0.2) is 8.32 Å². The van der Waals surface area contributed by atoms with Crippen molar-refractivity contribution in [2.75, 3.05) is 0 Å². The Kier molecular flexibility index (Phi) is 2.19. The fourth-order valence-corrected chi connectivity index (χ4v) is 5.06. The van der Waals surface area contributed by atoms with Crippen LogP contribution in [0.4, 0.5) is 0 Å². The summed E-state index contributed by atoms with van der Waals surface area (Å²) in [7, 11) is -1.44. The Balaban J connectivity index is 1.93. The van der Waals surface area contributed by atoms with Crippen LogP contribution in [-0.4, -0.2) is 13.9 Å². The minimum atomic E-state index is -1.44. The summed E-state index contributed by atoms with van der Waals surface area (Å²) in [6, 6.07) is 8.89. The molecule has 0 bridgehead atoms. The monoisotopic (exact) mass is 246 g/mol. The van der Waals surface area contributed by atoms with Crippen molar-refractivity contribution in [3.05, 3.63) is 35.4 Å². The summed E-state index contributed by atoms with van der Waals surface area (Å²) < 4.78 is 6.54. The van der Waals surface area contributed by atoms with E-state index in [-0.39, 0.29) is 5.60 Å². The summed E-state index contributed by atoms with van der Waals surface area (Å²) >= 11 is 0. The number of hydrogen-bond acceptors (Lipinski definition) is 1. The van der Waals surface area contributed by atoms with Gasteiger partial charge in [-0.05, 0) is 43.6 Å². The molecule has 2 atom stereocenters. The van der Waals surface area contributed by atoms with Crippen molar-refractivity contribution in [3.63, 3.8) is 0 Å². The lowest BCUT2D eigenvalue weighted by Crippen LogP contribution is -2.40. The SMILES string of the molecule is CC12Cc3ccccc3CC1(O[Si](C)(C)C)C2. The first-order valence-corrected chi connectivity index (χ1v) is 10.0. The van der Waals surface area contributed by atoms with Gasteiger partial charge >= 0.3 is 0 Å². The molecule has 92 valence electrons. The summed E-state index contributed by atoms with van der Waals surface area (Å²) in [5, 5.41) is 0. The number of hydrogen-bond donors (Lipinski definition) is 0. The van der Waals surface area contributed by atoms with E-state index >= 15 is 0 Å². The minimum Gasteiger partial charge on any atom is -0.411 e. The number of benzene rings is 1. The predicted octanol–water partition coefficient (Wildman–Crippen LogP) is 3.79. The van der Waals surface area contributed by atoms with Gasteiger partial charge in [0.1, 0.15) is 0 Å². The fourth-order valence-electron chi connectivity index (χ4n) is 3.50. The van der Waals surface area contributed by atoms with Gasteiger partial charge in [-0.2, -0.15) is 0 Å². The molecule has 1 saturated carbocycles. The van der Waals surface area contributed by atoms with Crippen LogP contribution in [0.25, 0.3) is 0 Å². The molecule has 0 saturated heterocycles. The van der Waals surface area contributed by atoms with Crippen LogP contribution in [0.1, 0.15) is 24.5 Å². The Morgan fingerprint density at radius 2 is 1.65 bits per heavy atom. The van der Waals surface area contributed by atoms with Crippen molar-refractivity contribution in [2.24, 2.45) is 5.41 Å². The third-order valence-corrected chi connectivity index (χ3v) is 5.33. The van der Waals surface area contributed by atoms with Gasteiger partial charge in [-0.3, -0.25) is 0 Å². The molecule has 2 heteroatoms. The summed E-state index contributed by atoms with van der Waals surface area (Å²) in [6.45, 7) is 9.33. The third-order valence-electron chi connectivity index (χ3n) is 4.33. The van der Waals surface area contributed by atoms with Crippen molar-refractivity contribution in [2.45, 2.75) is 51.4 Å². The second-order valence-corrected chi connectivity index (χ2v) is 11.5.